The summed E-state index contributed by atoms with van der Waals surface area (Å²) < 4.78 is 10.5. The minimum Gasteiger partial charge on any atom is -0.497 e. The first kappa shape index (κ1) is 18.5. The fourth-order valence-electron chi connectivity index (χ4n) is 2.48. The van der Waals surface area contributed by atoms with Gasteiger partial charge in [0.1, 0.15) is 17.2 Å². The average molecular weight is 386 g/mol. The van der Waals surface area contributed by atoms with E-state index in [0.717, 1.165) is 11.1 Å². The van der Waals surface area contributed by atoms with Crippen LogP contribution in [0.2, 0.25) is 0 Å². The van der Waals surface area contributed by atoms with E-state index in [2.05, 4.69) is 15.3 Å². The number of nitrogens with one attached hydrogen (secondary N) is 2. The molecule has 0 saturated heterocycles. The van der Waals surface area contributed by atoms with Gasteiger partial charge in [0.2, 0.25) is 5.91 Å². The number of carbonyl (C=O) groups excluding carboxylic acids is 2. The number of H-pyrrole nitrogens is 1. The summed E-state index contributed by atoms with van der Waals surface area (Å²) in [7, 11) is 3.11. The summed E-state index contributed by atoms with van der Waals surface area (Å²) in [4.78, 5) is 30.7. The summed E-state index contributed by atoms with van der Waals surface area (Å²) in [5.74, 6) is 0.475. The van der Waals surface area contributed by atoms with Crippen LogP contribution in [0.1, 0.15) is 16.1 Å². The number of nitrogens with two attached hydrogens (primary N) is 1. The van der Waals surface area contributed by atoms with Crippen LogP contribution in [-0.2, 0) is 11.2 Å². The van der Waals surface area contributed by atoms with Crippen molar-refractivity contribution in [3.05, 3.63) is 47.1 Å². The van der Waals surface area contributed by atoms with E-state index in [9.17, 15) is 9.59 Å². The zero-order chi connectivity index (χ0) is 19.4. The topological polar surface area (TPSA) is 119 Å². The SMILES string of the molecule is COc1ccc(CC(=O)Nc2nc(-c3c[nH]c(C(N)=O)c3)cs2)c(OC)c1. The molecule has 2 heterocycles. The van der Waals surface area contributed by atoms with Crippen molar-refractivity contribution in [2.24, 2.45) is 5.73 Å². The van der Waals surface area contributed by atoms with Gasteiger partial charge in [0.25, 0.3) is 5.91 Å². The maximum absolute atomic E-state index is 12.3. The number of methoxy groups -OCH3 is 2. The highest BCUT2D eigenvalue weighted by atomic mass is 32.1. The largest absolute Gasteiger partial charge is 0.497 e. The Bertz CT molecular complexity index is 979. The number of anilines is 1. The number of rotatable bonds is 7. The number of benzene rings is 1. The van der Waals surface area contributed by atoms with E-state index in [1.165, 1.54) is 11.3 Å². The number of aromatic amines is 1. The molecule has 1 aromatic carbocycles. The molecule has 0 bridgehead atoms. The molecular formula is C18H18N4O4S. The third-order valence-corrected chi connectivity index (χ3v) is 4.60. The van der Waals surface area contributed by atoms with Gasteiger partial charge in [-0.05, 0) is 12.1 Å². The van der Waals surface area contributed by atoms with Crippen LogP contribution in [0.3, 0.4) is 0 Å². The third-order valence-electron chi connectivity index (χ3n) is 3.84. The average Bonchev–Trinajstić information content (AvgIpc) is 3.31. The lowest BCUT2D eigenvalue weighted by Gasteiger charge is -2.10. The van der Waals surface area contributed by atoms with Crippen LogP contribution in [0.5, 0.6) is 11.5 Å². The lowest BCUT2D eigenvalue weighted by molar-refractivity contribution is -0.115. The van der Waals surface area contributed by atoms with Crippen LogP contribution >= 0.6 is 11.3 Å². The first-order valence-electron chi connectivity index (χ1n) is 7.95. The van der Waals surface area contributed by atoms with Gasteiger partial charge in [0.15, 0.2) is 5.13 Å². The van der Waals surface area contributed by atoms with E-state index in [1.54, 1.807) is 50.1 Å². The molecule has 9 heteroatoms. The molecule has 4 N–H and O–H groups in total. The third kappa shape index (κ3) is 4.26. The number of nitrogens with zero attached hydrogens (tertiary/aromatic N) is 1. The molecule has 2 aromatic heterocycles. The molecule has 27 heavy (non-hydrogen) atoms. The van der Waals surface area contributed by atoms with Crippen LogP contribution in [0.25, 0.3) is 11.3 Å². The van der Waals surface area contributed by atoms with Gasteiger partial charge in [0, 0.05) is 28.8 Å². The molecule has 3 rings (SSSR count). The van der Waals surface area contributed by atoms with Gasteiger partial charge in [-0.15, -0.1) is 11.3 Å². The number of aromatic nitrogens is 2. The summed E-state index contributed by atoms with van der Waals surface area (Å²) in [5.41, 5.74) is 7.63. The van der Waals surface area contributed by atoms with Crippen molar-refractivity contribution in [1.29, 1.82) is 0 Å². The van der Waals surface area contributed by atoms with E-state index in [0.29, 0.717) is 28.0 Å². The van der Waals surface area contributed by atoms with Crippen molar-refractivity contribution >= 4 is 28.3 Å². The quantitative estimate of drug-likeness (QED) is 0.576. The highest BCUT2D eigenvalue weighted by Gasteiger charge is 2.13. The van der Waals surface area contributed by atoms with Gasteiger partial charge in [0.05, 0.1) is 26.3 Å². The van der Waals surface area contributed by atoms with Crippen LogP contribution < -0.4 is 20.5 Å². The van der Waals surface area contributed by atoms with Crippen molar-refractivity contribution in [2.75, 3.05) is 19.5 Å². The van der Waals surface area contributed by atoms with Crippen LogP contribution in [0.15, 0.2) is 35.8 Å². The number of ether oxygens (including phenoxy) is 2. The predicted octanol–water partition coefficient (Wildman–Crippen LogP) is 2.44. The molecule has 0 fully saturated rings. The molecule has 0 aliphatic rings. The van der Waals surface area contributed by atoms with Crippen molar-refractivity contribution in [1.82, 2.24) is 9.97 Å². The summed E-state index contributed by atoms with van der Waals surface area (Å²) in [5, 5.41) is 5.02. The lowest BCUT2D eigenvalue weighted by atomic mass is 10.1. The molecule has 0 aliphatic carbocycles. The Morgan fingerprint density at radius 1 is 1.26 bits per heavy atom. The van der Waals surface area contributed by atoms with Gasteiger partial charge in [-0.25, -0.2) is 4.98 Å². The summed E-state index contributed by atoms with van der Waals surface area (Å²) in [6, 6.07) is 6.90. The molecule has 0 radical (unpaired) electrons. The Balaban J connectivity index is 1.68. The van der Waals surface area contributed by atoms with Gasteiger partial charge >= 0.3 is 0 Å². The Labute approximate surface area is 159 Å². The molecular weight excluding hydrogens is 368 g/mol. The Morgan fingerprint density at radius 2 is 2.07 bits per heavy atom. The highest BCUT2D eigenvalue weighted by molar-refractivity contribution is 7.14. The number of primary amides is 1. The fourth-order valence-corrected chi connectivity index (χ4v) is 3.22. The van der Waals surface area contributed by atoms with Gasteiger partial charge in [-0.2, -0.15) is 0 Å². The smallest absolute Gasteiger partial charge is 0.265 e. The van der Waals surface area contributed by atoms with Gasteiger partial charge in [-0.3, -0.25) is 9.59 Å². The normalized spacial score (nSPS) is 10.4. The molecule has 0 unspecified atom stereocenters. The van der Waals surface area contributed by atoms with E-state index >= 15 is 0 Å². The van der Waals surface area contributed by atoms with Crippen LogP contribution in [0, 0.1) is 0 Å². The highest BCUT2D eigenvalue weighted by Crippen LogP contribution is 2.27. The second-order valence-electron chi connectivity index (χ2n) is 5.61. The van der Waals surface area contributed by atoms with E-state index in [1.807, 2.05) is 0 Å². The number of hydrogen-bond acceptors (Lipinski definition) is 6. The second-order valence-corrected chi connectivity index (χ2v) is 6.47. The van der Waals surface area contributed by atoms with Gasteiger partial charge in [-0.1, -0.05) is 6.07 Å². The summed E-state index contributed by atoms with van der Waals surface area (Å²) >= 11 is 1.29. The van der Waals surface area contributed by atoms with E-state index in [4.69, 9.17) is 15.2 Å². The van der Waals surface area contributed by atoms with Crippen LogP contribution in [-0.4, -0.2) is 36.0 Å². The fraction of sp³-hybridized carbons (Fsp3) is 0.167. The molecule has 0 aliphatic heterocycles. The number of carbonyl (C=O) groups is 2. The summed E-state index contributed by atoms with van der Waals surface area (Å²) in [6.07, 6.45) is 1.78. The number of amides is 2. The standard InChI is InChI=1S/C18H18N4O4S/c1-25-12-4-3-10(15(7-12)26-2)6-16(23)22-18-21-14(9-27-18)11-5-13(17(19)24)20-8-11/h3-5,7-9,20H,6H2,1-2H3,(H2,19,24)(H,21,22,23). The maximum Gasteiger partial charge on any atom is 0.265 e. The first-order valence-corrected chi connectivity index (χ1v) is 8.83. The minimum absolute atomic E-state index is 0.137. The summed E-state index contributed by atoms with van der Waals surface area (Å²) in [6.45, 7) is 0. The second kappa shape index (κ2) is 7.92. The maximum atomic E-state index is 12.3. The van der Waals surface area contributed by atoms with Crippen molar-refractivity contribution in [3.8, 4) is 22.8 Å². The molecule has 0 atom stereocenters. The van der Waals surface area contributed by atoms with Crippen molar-refractivity contribution < 1.29 is 19.1 Å². The Kier molecular flexibility index (Phi) is 5.41. The predicted molar refractivity (Wildman–Crippen MR) is 102 cm³/mol. The molecule has 2 amide bonds. The monoisotopic (exact) mass is 386 g/mol. The number of thiazole rings is 1. The van der Waals surface area contributed by atoms with Crippen molar-refractivity contribution in [2.45, 2.75) is 6.42 Å². The molecule has 0 saturated carbocycles. The molecule has 140 valence electrons. The Morgan fingerprint density at radius 3 is 2.74 bits per heavy atom. The van der Waals surface area contributed by atoms with E-state index in [-0.39, 0.29) is 12.3 Å². The zero-order valence-corrected chi connectivity index (χ0v) is 15.6. The molecule has 0 spiro atoms. The van der Waals surface area contributed by atoms with Gasteiger partial charge < -0.3 is 25.5 Å². The Hall–Kier alpha value is -3.33. The molecule has 8 nitrogen and oxygen atoms in total. The zero-order valence-electron chi connectivity index (χ0n) is 14.7. The van der Waals surface area contributed by atoms with E-state index < -0.39 is 5.91 Å². The minimum atomic E-state index is -0.543. The van der Waals surface area contributed by atoms with Crippen molar-refractivity contribution in [3.63, 3.8) is 0 Å². The first-order chi connectivity index (χ1) is 13.0. The number of hydrogen-bond donors (Lipinski definition) is 3. The van der Waals surface area contributed by atoms with Crippen LogP contribution in [0.4, 0.5) is 5.13 Å². The lowest BCUT2D eigenvalue weighted by Crippen LogP contribution is -2.14. The molecule has 3 aromatic rings.